The van der Waals surface area contributed by atoms with Gasteiger partial charge in [0.15, 0.2) is 5.78 Å². The molecule has 0 unspecified atom stereocenters. The van der Waals surface area contributed by atoms with Crippen LogP contribution < -0.4 is 0 Å². The van der Waals surface area contributed by atoms with Crippen molar-refractivity contribution in [3.05, 3.63) is 59.7 Å². The molecular formula is C15H16O2S. The first-order valence-corrected chi connectivity index (χ1v) is 5.95. The van der Waals surface area contributed by atoms with Gasteiger partial charge in [-0.15, -0.1) is 0 Å². The monoisotopic (exact) mass is 260 g/mol. The molecule has 2 aromatic rings. The van der Waals surface area contributed by atoms with E-state index in [0.717, 1.165) is 16.7 Å². The molecule has 0 aromatic heterocycles. The number of benzene rings is 2. The van der Waals surface area contributed by atoms with E-state index in [1.807, 2.05) is 36.4 Å². The zero-order valence-corrected chi connectivity index (χ0v) is 11.3. The molecule has 0 spiro atoms. The Hall–Kier alpha value is -1.58. The van der Waals surface area contributed by atoms with Crippen LogP contribution in [0.3, 0.4) is 0 Å². The quantitative estimate of drug-likeness (QED) is 0.481. The Labute approximate surface area is 113 Å². The lowest BCUT2D eigenvalue weighted by molar-refractivity contribution is 0.101. The Morgan fingerprint density at radius 1 is 1.06 bits per heavy atom. The molecule has 0 fully saturated rings. The van der Waals surface area contributed by atoms with Gasteiger partial charge in [0, 0.05) is 5.56 Å². The molecule has 0 bridgehead atoms. The third kappa shape index (κ3) is 3.45. The summed E-state index contributed by atoms with van der Waals surface area (Å²) in [6.07, 6.45) is 0. The Morgan fingerprint density at radius 3 is 2.22 bits per heavy atom. The molecule has 0 saturated carbocycles. The number of carbonyl (C=O) groups is 1. The van der Waals surface area contributed by atoms with Crippen LogP contribution in [0, 0.1) is 6.92 Å². The summed E-state index contributed by atoms with van der Waals surface area (Å²) in [6, 6.07) is 16.0. The summed E-state index contributed by atoms with van der Waals surface area (Å²) in [5.74, 6) is 0.109. The van der Waals surface area contributed by atoms with Crippen LogP contribution in [0.25, 0.3) is 11.1 Å². The van der Waals surface area contributed by atoms with Crippen LogP contribution in [0.4, 0.5) is 0 Å². The van der Waals surface area contributed by atoms with E-state index in [2.05, 4.69) is 32.0 Å². The van der Waals surface area contributed by atoms with Crippen molar-refractivity contribution in [2.45, 2.75) is 13.8 Å². The second-order valence-corrected chi connectivity index (χ2v) is 3.95. The number of hydrogen-bond donors (Lipinski definition) is 2. The van der Waals surface area contributed by atoms with E-state index in [1.54, 1.807) is 6.92 Å². The highest BCUT2D eigenvalue weighted by Crippen LogP contribution is 2.24. The van der Waals surface area contributed by atoms with Crippen LogP contribution in [0.5, 0.6) is 0 Å². The van der Waals surface area contributed by atoms with Gasteiger partial charge in [-0.1, -0.05) is 42.5 Å². The topological polar surface area (TPSA) is 37.3 Å². The molecule has 2 aromatic carbocycles. The molecule has 0 heterocycles. The summed E-state index contributed by atoms with van der Waals surface area (Å²) in [5.41, 5.74) is 4.25. The minimum Gasteiger partial charge on any atom is -0.333 e. The number of hydrogen-bond acceptors (Lipinski definition) is 3. The van der Waals surface area contributed by atoms with Crippen molar-refractivity contribution in [3.63, 3.8) is 0 Å². The smallest absolute Gasteiger partial charge is 0.159 e. The maximum absolute atomic E-state index is 11.3. The molecule has 0 saturated heterocycles. The SMILES string of the molecule is CC(=O)c1ccc(C)c(-c2ccccc2)c1.OS. The van der Waals surface area contributed by atoms with Gasteiger partial charge in [0.25, 0.3) is 0 Å². The van der Waals surface area contributed by atoms with E-state index in [4.69, 9.17) is 4.55 Å². The maximum Gasteiger partial charge on any atom is 0.159 e. The molecule has 0 amide bonds. The number of carbonyl (C=O) groups excluding carboxylic acids is 1. The predicted octanol–water partition coefficient (Wildman–Crippen LogP) is 4.25. The molecule has 0 radical (unpaired) electrons. The largest absolute Gasteiger partial charge is 0.333 e. The average molecular weight is 260 g/mol. The van der Waals surface area contributed by atoms with Gasteiger partial charge < -0.3 is 4.55 Å². The lowest BCUT2D eigenvalue weighted by atomic mass is 9.97. The molecule has 18 heavy (non-hydrogen) atoms. The minimum absolute atomic E-state index is 0.109. The van der Waals surface area contributed by atoms with E-state index in [9.17, 15) is 4.79 Å². The van der Waals surface area contributed by atoms with Gasteiger partial charge in [0.05, 0.1) is 0 Å². The van der Waals surface area contributed by atoms with Crippen LogP contribution in [-0.2, 0) is 0 Å². The second kappa shape index (κ2) is 6.99. The van der Waals surface area contributed by atoms with E-state index in [-0.39, 0.29) is 5.78 Å². The molecule has 0 aliphatic rings. The highest BCUT2D eigenvalue weighted by Gasteiger charge is 2.05. The summed E-state index contributed by atoms with van der Waals surface area (Å²) in [7, 11) is 0. The number of ketones is 1. The predicted molar refractivity (Wildman–Crippen MR) is 78.2 cm³/mol. The van der Waals surface area contributed by atoms with Crippen LogP contribution >= 0.6 is 12.9 Å². The van der Waals surface area contributed by atoms with Gasteiger partial charge in [-0.25, -0.2) is 0 Å². The normalized spacial score (nSPS) is 9.33. The van der Waals surface area contributed by atoms with Crippen molar-refractivity contribution < 1.29 is 9.35 Å². The van der Waals surface area contributed by atoms with Crippen molar-refractivity contribution >= 4 is 18.7 Å². The second-order valence-electron chi connectivity index (χ2n) is 3.95. The Balaban J connectivity index is 0.000000771. The fourth-order valence-electron chi connectivity index (χ4n) is 1.77. The first-order valence-electron chi connectivity index (χ1n) is 5.55. The third-order valence-electron chi connectivity index (χ3n) is 2.73. The van der Waals surface area contributed by atoms with Gasteiger partial charge >= 0.3 is 0 Å². The van der Waals surface area contributed by atoms with Crippen LogP contribution in [-0.4, -0.2) is 10.3 Å². The lowest BCUT2D eigenvalue weighted by Gasteiger charge is -2.07. The average Bonchev–Trinajstić information content (AvgIpc) is 2.42. The molecule has 1 N–H and O–H groups in total. The minimum atomic E-state index is 0.109. The number of thiol groups is 1. The van der Waals surface area contributed by atoms with Crippen molar-refractivity contribution in [1.29, 1.82) is 0 Å². The highest BCUT2D eigenvalue weighted by molar-refractivity contribution is 7.74. The fraction of sp³-hybridized carbons (Fsp3) is 0.133. The molecule has 2 nitrogen and oxygen atoms in total. The lowest BCUT2D eigenvalue weighted by Crippen LogP contribution is -1.93. The van der Waals surface area contributed by atoms with Gasteiger partial charge in [-0.3, -0.25) is 4.79 Å². The zero-order valence-electron chi connectivity index (χ0n) is 10.4. The molecule has 0 atom stereocenters. The fourth-order valence-corrected chi connectivity index (χ4v) is 1.77. The van der Waals surface area contributed by atoms with Crippen LogP contribution in [0.15, 0.2) is 48.5 Å². The number of aryl methyl sites for hydroxylation is 1. The van der Waals surface area contributed by atoms with Gasteiger partial charge in [-0.2, -0.15) is 0 Å². The molecular weight excluding hydrogens is 244 g/mol. The van der Waals surface area contributed by atoms with E-state index >= 15 is 0 Å². The molecule has 3 heteroatoms. The Morgan fingerprint density at radius 2 is 1.67 bits per heavy atom. The molecule has 0 aliphatic carbocycles. The van der Waals surface area contributed by atoms with Crippen molar-refractivity contribution in [3.8, 4) is 11.1 Å². The van der Waals surface area contributed by atoms with Gasteiger partial charge in [0.1, 0.15) is 0 Å². The van der Waals surface area contributed by atoms with E-state index in [1.165, 1.54) is 5.56 Å². The van der Waals surface area contributed by atoms with Gasteiger partial charge in [0.2, 0.25) is 0 Å². The Bertz CT molecular complexity index is 521. The summed E-state index contributed by atoms with van der Waals surface area (Å²) >= 11 is 2.53. The van der Waals surface area contributed by atoms with Crippen LogP contribution in [0.1, 0.15) is 22.8 Å². The van der Waals surface area contributed by atoms with Crippen molar-refractivity contribution in [2.75, 3.05) is 0 Å². The summed E-state index contributed by atoms with van der Waals surface area (Å²) in [5, 5.41) is 0. The summed E-state index contributed by atoms with van der Waals surface area (Å²) < 4.78 is 6.69. The standard InChI is InChI=1S/C15H14O.H2OS/c1-11-8-9-14(12(2)16)10-15(11)13-6-4-3-5-7-13;1-2/h3-10H,1-2H3;1-2H. The van der Waals surface area contributed by atoms with E-state index < -0.39 is 0 Å². The number of rotatable bonds is 2. The number of Topliss-reactive ketones (excluding diaryl/α,β-unsaturated/α-hetero) is 1. The van der Waals surface area contributed by atoms with E-state index in [0.29, 0.717) is 0 Å². The zero-order chi connectivity index (χ0) is 13.5. The first kappa shape index (κ1) is 14.5. The summed E-state index contributed by atoms with van der Waals surface area (Å²) in [6.45, 7) is 3.66. The van der Waals surface area contributed by atoms with Crippen molar-refractivity contribution in [1.82, 2.24) is 0 Å². The molecule has 0 aliphatic heterocycles. The highest BCUT2D eigenvalue weighted by atomic mass is 32.1. The van der Waals surface area contributed by atoms with Crippen molar-refractivity contribution in [2.24, 2.45) is 0 Å². The Kier molecular flexibility index (Phi) is 5.62. The third-order valence-corrected chi connectivity index (χ3v) is 2.73. The molecule has 2 rings (SSSR count). The first-order chi connectivity index (χ1) is 8.68. The molecule has 94 valence electrons. The van der Waals surface area contributed by atoms with Crippen LogP contribution in [0.2, 0.25) is 0 Å². The van der Waals surface area contributed by atoms with Gasteiger partial charge in [-0.05, 0) is 49.5 Å². The maximum atomic E-state index is 11.3. The summed E-state index contributed by atoms with van der Waals surface area (Å²) in [4.78, 5) is 11.3.